The molecule has 0 aliphatic rings. The molecule has 86 heavy (non-hydrogen) atoms. The van der Waals surface area contributed by atoms with Gasteiger partial charge in [0.25, 0.3) is 0 Å². The molecule has 0 heterocycles. The maximum absolute atomic E-state index is 8.26. The Morgan fingerprint density at radius 2 is 0.337 bits per heavy atom. The van der Waals surface area contributed by atoms with Crippen LogP contribution in [0.15, 0.2) is 0 Å². The molecule has 0 bridgehead atoms. The van der Waals surface area contributed by atoms with Crippen LogP contribution in [-0.2, 0) is 156 Å². The minimum atomic E-state index is -2.47. The van der Waals surface area contributed by atoms with E-state index >= 15 is 0 Å². The second-order valence-electron chi connectivity index (χ2n) is 23.5. The predicted octanol–water partition coefficient (Wildman–Crippen LogP) is 24.8. The Morgan fingerprint density at radius 3 is 0.407 bits per heavy atom. The Hall–Kier alpha value is 4.17. The van der Waals surface area contributed by atoms with Gasteiger partial charge in [0.1, 0.15) is 0 Å². The van der Waals surface area contributed by atoms with Crippen molar-refractivity contribution < 1.29 is 59.4 Å². The van der Waals surface area contributed by atoms with Gasteiger partial charge in [0.15, 0.2) is 0 Å². The van der Waals surface area contributed by atoms with Crippen LogP contribution in [0.4, 0.5) is 0 Å². The Labute approximate surface area is 589 Å². The van der Waals surface area contributed by atoms with E-state index in [0.29, 0.717) is 120 Å². The Morgan fingerprint density at radius 1 is 0.244 bits per heavy atom. The molecule has 0 fully saturated rings. The topological polar surface area (TPSA) is 90.9 Å². The van der Waals surface area contributed by atoms with Gasteiger partial charge in [-0.15, -0.1) is 0 Å². The fourth-order valence-corrected chi connectivity index (χ4v) is 15.3. The molecule has 22 heteroatoms. The van der Waals surface area contributed by atoms with Gasteiger partial charge >= 0.3 is 23.2 Å². The summed E-state index contributed by atoms with van der Waals surface area (Å²) in [7, 11) is 0. The van der Waals surface area contributed by atoms with Gasteiger partial charge in [-0.25, -0.2) is 0 Å². The fourth-order valence-electron chi connectivity index (χ4n) is 8.91. The van der Waals surface area contributed by atoms with Gasteiger partial charge in [0.2, 0.25) is 0 Å². The normalized spacial score (nSPS) is 17.0. The summed E-state index contributed by atoms with van der Waals surface area (Å²) in [5.41, 5.74) is -9.90. The molecule has 0 aromatic heterocycles. The molecular weight excluding hydrogens is 1390 g/mol. The molecule has 0 amide bonds. The molecule has 0 saturated heterocycles. The van der Waals surface area contributed by atoms with Crippen molar-refractivity contribution in [2.45, 2.75) is 316 Å². The van der Waals surface area contributed by atoms with Crippen molar-refractivity contribution in [3.8, 4) is 0 Å². The molecule has 520 valence electrons. The fraction of sp³-hybridized carbons (Fsp3) is 1.00. The van der Waals surface area contributed by atoms with Gasteiger partial charge in [0.05, 0.1) is 75.6 Å². The van der Waals surface area contributed by atoms with Crippen molar-refractivity contribution in [2.75, 3.05) is 52.9 Å². The van der Waals surface area contributed by atoms with E-state index in [9.17, 15) is 0 Å². The molecule has 0 aliphatic carbocycles. The van der Waals surface area contributed by atoms with E-state index in [-0.39, 0.29) is 0 Å². The molecular formula is C64H136MoO9P4S8. The Balaban J connectivity index is -0.000000336. The molecule has 0 radical (unpaired) electrons. The van der Waals surface area contributed by atoms with Crippen LogP contribution >= 0.6 is 22.8 Å². The molecule has 0 saturated carbocycles. The third-order valence-corrected chi connectivity index (χ3v) is 24.9. The van der Waals surface area contributed by atoms with Gasteiger partial charge in [-0.3, -0.25) is 0 Å². The monoisotopic (exact) mass is 1530 g/mol. The molecule has 0 spiro atoms. The number of rotatable bonds is 56. The van der Waals surface area contributed by atoms with Crippen molar-refractivity contribution in [1.82, 2.24) is 0 Å². The van der Waals surface area contributed by atoms with E-state index < -0.39 is 22.8 Å². The van der Waals surface area contributed by atoms with E-state index in [0.717, 1.165) is 51.4 Å². The van der Waals surface area contributed by atoms with Crippen molar-refractivity contribution in [1.29, 1.82) is 0 Å². The molecule has 0 aliphatic heterocycles. The summed E-state index contributed by atoms with van der Waals surface area (Å²) in [6.07, 6.45) is 38.4. The van der Waals surface area contributed by atoms with Gasteiger partial charge < -0.3 is 85.2 Å². The van der Waals surface area contributed by atoms with Gasteiger partial charge in [-0.05, 0) is 98.7 Å². The third-order valence-electron chi connectivity index (χ3n) is 16.1. The van der Waals surface area contributed by atoms with Crippen molar-refractivity contribution >= 4 is 119 Å². The van der Waals surface area contributed by atoms with Crippen LogP contribution in [0.1, 0.15) is 316 Å². The summed E-state index contributed by atoms with van der Waals surface area (Å²) in [4.78, 5) is 0. The average molecular weight is 1530 g/mol. The molecule has 8 atom stereocenters. The third kappa shape index (κ3) is 66.8. The summed E-state index contributed by atoms with van der Waals surface area (Å²) < 4.78 is 54.6. The summed E-state index contributed by atoms with van der Waals surface area (Å²) in [6, 6.07) is 0. The number of hydrogen-bond donors (Lipinski definition) is 0. The zero-order chi connectivity index (χ0) is 66.6. The zero-order valence-corrected chi connectivity index (χ0v) is 70.2. The first-order valence-electron chi connectivity index (χ1n) is 34.5. The van der Waals surface area contributed by atoms with E-state index in [1.165, 1.54) is 154 Å². The van der Waals surface area contributed by atoms with Crippen LogP contribution in [0.2, 0.25) is 0 Å². The Kier molecular flexibility index (Phi) is 79.4. The van der Waals surface area contributed by atoms with E-state index in [4.69, 9.17) is 136 Å². The first-order valence-corrected chi connectivity index (χ1v) is 49.9. The molecule has 0 aromatic carbocycles. The van der Waals surface area contributed by atoms with E-state index in [1.807, 2.05) is 0 Å². The quantitative estimate of drug-likeness (QED) is 0.0328. The summed E-state index contributed by atoms with van der Waals surface area (Å²) in [5.74, 6) is 4.56. The predicted molar refractivity (Wildman–Crippen MR) is 401 cm³/mol. The summed E-state index contributed by atoms with van der Waals surface area (Å²) >= 11 is 43.8. The van der Waals surface area contributed by atoms with Gasteiger partial charge in [0, 0.05) is 0 Å². The van der Waals surface area contributed by atoms with E-state index in [1.54, 1.807) is 0 Å². The van der Waals surface area contributed by atoms with Crippen LogP contribution in [0.5, 0.6) is 0 Å². The van der Waals surface area contributed by atoms with Crippen LogP contribution < -0.4 is 0 Å². The number of hydrogen-bond acceptors (Lipinski definition) is 17. The molecule has 0 aromatic rings. The van der Waals surface area contributed by atoms with Gasteiger partial charge in [-0.1, -0.05) is 312 Å². The first kappa shape index (κ1) is 98.8. The second-order valence-corrected chi connectivity index (χ2v) is 43.4. The summed E-state index contributed by atoms with van der Waals surface area (Å²) in [6.45, 7) is 40.7. The molecule has 9 nitrogen and oxygen atoms in total. The van der Waals surface area contributed by atoms with E-state index in [2.05, 4.69) is 111 Å². The standard InChI is InChI=1S/4C16H35O2PS2.Mo.O/c4*1-5-9-11-15(7-3)13-17-19(20,21)18-14-16(8-4)12-10-6-2;;/h4*15-16H,5-14H2,1-4H3,(H,20,21);;/q;;;;+4;/p-4. The first-order chi connectivity index (χ1) is 40.9. The number of unbranched alkanes of at least 4 members (excludes halogenated alkanes) is 8. The maximum atomic E-state index is 8.26. The van der Waals surface area contributed by atoms with Crippen LogP contribution in [0.25, 0.3) is 0 Å². The van der Waals surface area contributed by atoms with Crippen LogP contribution in [0, 0.1) is 47.3 Å². The zero-order valence-electron chi connectivity index (χ0n) is 58.0. The molecule has 0 rings (SSSR count). The van der Waals surface area contributed by atoms with Crippen molar-refractivity contribution in [2.24, 2.45) is 47.3 Å². The minimum absolute atomic E-state index is 0.570. The van der Waals surface area contributed by atoms with Crippen molar-refractivity contribution in [3.05, 3.63) is 0 Å². The Bertz CT molecular complexity index is 1310. The van der Waals surface area contributed by atoms with Gasteiger partial charge in [-0.2, -0.15) is 0 Å². The second kappa shape index (κ2) is 69.1. The van der Waals surface area contributed by atoms with Crippen molar-refractivity contribution in [3.63, 3.8) is 0 Å². The SMILES string of the molecule is CCCCC(CC)COP(=S)([S-])OCC(CC)CCCC.CCCCC(CC)COP(=S)([S-])OCC(CC)CCCC.CCCCC(CC)COP(=S)([S-])OCC(CC)CCCC.CCCCC(CC)COP(=S)([S-])OCC(CC)CCCC.[O]=[Mo+4]. The van der Waals surface area contributed by atoms with Crippen LogP contribution in [0.3, 0.4) is 0 Å². The molecule has 0 N–H and O–H groups in total. The average Bonchev–Trinajstić information content (AvgIpc) is 3.63. The summed E-state index contributed by atoms with van der Waals surface area (Å²) in [5, 5.41) is 0. The molecule has 8 unspecified atom stereocenters. The van der Waals surface area contributed by atoms with Crippen LogP contribution in [-0.4, -0.2) is 52.9 Å².